The number of carbonyl (C=O) groups excluding carboxylic acids is 7. The van der Waals surface area contributed by atoms with E-state index in [4.69, 9.17) is 19.9 Å². The molecular formula is C54H86N8O11. The van der Waals surface area contributed by atoms with Crippen LogP contribution in [0.3, 0.4) is 0 Å². The maximum absolute atomic E-state index is 14.7. The lowest BCUT2D eigenvalue weighted by Gasteiger charge is -2.41. The highest BCUT2D eigenvalue weighted by atomic mass is 16.6. The smallest absolute Gasteiger partial charge is 0.410 e. The number of hydrogen-bond acceptors (Lipinski definition) is 11. The number of nitrogens with zero attached hydrogens (tertiary/aromatic N) is 3. The molecule has 0 bridgehead atoms. The molecule has 19 heteroatoms. The average molecular weight is 1020 g/mol. The summed E-state index contributed by atoms with van der Waals surface area (Å²) < 4.78 is 17.6. The van der Waals surface area contributed by atoms with Crippen molar-refractivity contribution in [1.82, 2.24) is 30.7 Å². The zero-order valence-electron chi connectivity index (χ0n) is 45.5. The number of benzene rings is 2. The first kappa shape index (κ1) is 61.5. The molecule has 2 unspecified atom stereocenters. The van der Waals surface area contributed by atoms with Crippen molar-refractivity contribution in [3.63, 3.8) is 0 Å². The van der Waals surface area contributed by atoms with Gasteiger partial charge in [0.2, 0.25) is 29.5 Å². The van der Waals surface area contributed by atoms with Gasteiger partial charge in [-0.2, -0.15) is 0 Å². The van der Waals surface area contributed by atoms with Crippen LogP contribution in [0.5, 0.6) is 0 Å². The van der Waals surface area contributed by atoms with Crippen LogP contribution in [0.4, 0.5) is 15.3 Å². The Balaban J connectivity index is 1.68. The van der Waals surface area contributed by atoms with Gasteiger partial charge in [0.05, 0.1) is 48.8 Å². The molecule has 19 nitrogen and oxygen atoms in total. The lowest BCUT2D eigenvalue weighted by atomic mass is 9.89. The van der Waals surface area contributed by atoms with E-state index in [0.29, 0.717) is 62.0 Å². The maximum atomic E-state index is 14.7. The van der Waals surface area contributed by atoms with E-state index in [0.717, 1.165) is 0 Å². The fourth-order valence-corrected chi connectivity index (χ4v) is 9.64. The molecule has 11 atom stereocenters. The summed E-state index contributed by atoms with van der Waals surface area (Å²) >= 11 is 0. The van der Waals surface area contributed by atoms with Crippen LogP contribution in [0.2, 0.25) is 0 Å². The van der Waals surface area contributed by atoms with Gasteiger partial charge < -0.3 is 56.1 Å². The monoisotopic (exact) mass is 1020 g/mol. The Hall–Kier alpha value is -5.79. The minimum absolute atomic E-state index is 0.0575. The second-order valence-electron chi connectivity index (χ2n) is 20.3. The molecule has 3 rings (SSSR count). The Morgan fingerprint density at radius 1 is 0.822 bits per heavy atom. The summed E-state index contributed by atoms with van der Waals surface area (Å²) in [6.45, 7) is 17.3. The topological polar surface area (TPSA) is 251 Å². The molecule has 0 radical (unpaired) electrons. The molecule has 2 aromatic carbocycles. The first-order valence-corrected chi connectivity index (χ1v) is 25.8. The molecule has 1 heterocycles. The number of aliphatic hydroxyl groups excluding tert-OH is 1. The van der Waals surface area contributed by atoms with Crippen LogP contribution in [-0.2, 0) is 44.8 Å². The number of ether oxygens (including phenoxy) is 3. The van der Waals surface area contributed by atoms with Gasteiger partial charge >= 0.3 is 12.1 Å². The molecule has 1 saturated heterocycles. The van der Waals surface area contributed by atoms with E-state index in [9.17, 15) is 38.7 Å². The number of likely N-dealkylation sites (N-methyl/N-ethyl adjacent to an activating group) is 2. The standard InChI is InChI=1S/C54H86N8O11/c1-14-34(6)46(42(71-12)30-43(63)62-29-19-23-41(62)48(72-13)36(8)50(66)57-37(9)47(64)39-21-16-15-17-22-39)60(10)52(68)44(32(2)3)59-51(67)45(33(4)5)61(11)54(70)73-31-38-24-26-40(27-25-38)58-49(65)35(7)20-18-28-56-53(55)69/h15-17,21-22,24-27,32-37,41-42,44-48,64H,14,18-20,23,28-31H2,1-13H3,(H,57,66)(H,58,65)(H,59,67)(H3,55,56,69)/t34-,35-,36+,37+,41?,42+,44-,45?,46-,47+,48+/m0/s1. The molecule has 73 heavy (non-hydrogen) atoms. The molecule has 0 aliphatic carbocycles. The van der Waals surface area contributed by atoms with E-state index in [1.807, 2.05) is 45.9 Å². The largest absolute Gasteiger partial charge is 0.445 e. The van der Waals surface area contributed by atoms with Crippen LogP contribution in [0.1, 0.15) is 118 Å². The third-order valence-electron chi connectivity index (χ3n) is 14.2. The number of amides is 8. The summed E-state index contributed by atoms with van der Waals surface area (Å²) in [5, 5.41) is 22.2. The summed E-state index contributed by atoms with van der Waals surface area (Å²) in [5.74, 6) is -3.45. The first-order valence-electron chi connectivity index (χ1n) is 25.8. The highest BCUT2D eigenvalue weighted by molar-refractivity contribution is 5.93. The Morgan fingerprint density at radius 3 is 2.03 bits per heavy atom. The lowest BCUT2D eigenvalue weighted by Crippen LogP contribution is -2.60. The van der Waals surface area contributed by atoms with Crippen LogP contribution in [-0.4, -0.2) is 145 Å². The van der Waals surface area contributed by atoms with Gasteiger partial charge in [-0.15, -0.1) is 0 Å². The molecule has 1 aliphatic rings. The average Bonchev–Trinajstić information content (AvgIpc) is 3.85. The Morgan fingerprint density at radius 2 is 1.47 bits per heavy atom. The molecular weight excluding hydrogens is 937 g/mol. The molecule has 0 aromatic heterocycles. The molecule has 0 spiro atoms. The predicted molar refractivity (Wildman–Crippen MR) is 280 cm³/mol. The Labute approximate surface area is 433 Å². The van der Waals surface area contributed by atoms with Gasteiger partial charge in [-0.05, 0) is 73.6 Å². The fourth-order valence-electron chi connectivity index (χ4n) is 9.64. The number of likely N-dealkylation sites (tertiary alicyclic amines) is 1. The first-order chi connectivity index (χ1) is 34.5. The lowest BCUT2D eigenvalue weighted by molar-refractivity contribution is -0.148. The van der Waals surface area contributed by atoms with E-state index in [-0.39, 0.29) is 60.3 Å². The van der Waals surface area contributed by atoms with Gasteiger partial charge in [-0.3, -0.25) is 28.9 Å². The minimum Gasteiger partial charge on any atom is -0.445 e. The SMILES string of the molecule is CC[C@H](C)[C@@H]([C@@H](CC(=O)N1CCCC1[C@H](OC)[C@@H](C)C(=O)N[C@H](C)[C@@H](O)c1ccccc1)OC)N(C)C(=O)[C@@H](NC(=O)C(C(C)C)N(C)C(=O)OCc1ccc(NC(=O)[C@@H](C)CCCNC(N)=O)cc1)C(C)C. The number of primary amides is 1. The zero-order valence-corrected chi connectivity index (χ0v) is 45.5. The third kappa shape index (κ3) is 17.7. The van der Waals surface area contributed by atoms with Crippen molar-refractivity contribution in [3.8, 4) is 0 Å². The second-order valence-corrected chi connectivity index (χ2v) is 20.3. The third-order valence-corrected chi connectivity index (χ3v) is 14.2. The van der Waals surface area contributed by atoms with Crippen LogP contribution in [0.25, 0.3) is 0 Å². The summed E-state index contributed by atoms with van der Waals surface area (Å²) in [7, 11) is 6.18. The van der Waals surface area contributed by atoms with Gasteiger partial charge in [-0.25, -0.2) is 9.59 Å². The van der Waals surface area contributed by atoms with E-state index >= 15 is 0 Å². The second kappa shape index (κ2) is 29.8. The van der Waals surface area contributed by atoms with Crippen molar-refractivity contribution >= 4 is 47.3 Å². The summed E-state index contributed by atoms with van der Waals surface area (Å²) in [6.07, 6.45) is 0.0298. The summed E-state index contributed by atoms with van der Waals surface area (Å²) in [5.41, 5.74) is 6.99. The number of hydrogen-bond donors (Lipinski definition) is 6. The maximum Gasteiger partial charge on any atom is 0.410 e. The van der Waals surface area contributed by atoms with Crippen molar-refractivity contribution in [3.05, 3.63) is 65.7 Å². The molecule has 1 aliphatic heterocycles. The van der Waals surface area contributed by atoms with Crippen molar-refractivity contribution in [2.75, 3.05) is 46.7 Å². The van der Waals surface area contributed by atoms with E-state index in [1.54, 1.807) is 87.9 Å². The van der Waals surface area contributed by atoms with E-state index in [2.05, 4.69) is 21.3 Å². The van der Waals surface area contributed by atoms with Crippen molar-refractivity contribution in [1.29, 1.82) is 0 Å². The predicted octanol–water partition coefficient (Wildman–Crippen LogP) is 5.60. The number of nitrogens with two attached hydrogens (primary N) is 1. The molecule has 7 N–H and O–H groups in total. The van der Waals surface area contributed by atoms with Crippen molar-refractivity contribution in [2.24, 2.45) is 35.3 Å². The Kier molecular flexibility index (Phi) is 25.1. The minimum atomic E-state index is -1.00. The summed E-state index contributed by atoms with van der Waals surface area (Å²) in [6, 6.07) is 11.7. The number of aliphatic hydroxyl groups is 1. The number of methoxy groups -OCH3 is 2. The molecule has 8 amide bonds. The van der Waals surface area contributed by atoms with Gasteiger partial charge in [-0.1, -0.05) is 104 Å². The van der Waals surface area contributed by atoms with Crippen molar-refractivity contribution < 1.29 is 52.9 Å². The quantitative estimate of drug-likeness (QED) is 0.0573. The number of rotatable bonds is 28. The number of anilines is 1. The van der Waals surface area contributed by atoms with Gasteiger partial charge in [0.25, 0.3) is 0 Å². The van der Waals surface area contributed by atoms with Crippen LogP contribution in [0.15, 0.2) is 54.6 Å². The van der Waals surface area contributed by atoms with E-state index < -0.39 is 72.5 Å². The molecule has 0 saturated carbocycles. The highest BCUT2D eigenvalue weighted by Gasteiger charge is 2.44. The molecule has 408 valence electrons. The van der Waals surface area contributed by atoms with E-state index in [1.165, 1.54) is 26.2 Å². The Bertz CT molecular complexity index is 2090. The summed E-state index contributed by atoms with van der Waals surface area (Å²) in [4.78, 5) is 98.4. The van der Waals surface area contributed by atoms with Crippen LogP contribution < -0.4 is 27.0 Å². The highest BCUT2D eigenvalue weighted by Crippen LogP contribution is 2.30. The van der Waals surface area contributed by atoms with Gasteiger partial charge in [0, 0.05) is 53.0 Å². The number of urea groups is 1. The van der Waals surface area contributed by atoms with Gasteiger partial charge in [0.1, 0.15) is 18.7 Å². The zero-order chi connectivity index (χ0) is 54.7. The van der Waals surface area contributed by atoms with Crippen LogP contribution in [0, 0.1) is 29.6 Å². The molecule has 1 fully saturated rings. The van der Waals surface area contributed by atoms with Gasteiger partial charge in [0.15, 0.2) is 0 Å². The fraction of sp³-hybridized carbons (Fsp3) is 0.648. The number of nitrogens with one attached hydrogen (secondary N) is 4. The normalized spacial score (nSPS) is 17.7. The van der Waals surface area contributed by atoms with Crippen LogP contribution >= 0.6 is 0 Å². The number of carbonyl (C=O) groups is 7. The molecule has 2 aromatic rings. The van der Waals surface area contributed by atoms with Crippen molar-refractivity contribution in [2.45, 2.75) is 156 Å².